The number of fused-ring (bicyclic) bond motifs is 1. The number of aromatic nitrogens is 2. The summed E-state index contributed by atoms with van der Waals surface area (Å²) in [5.74, 6) is 0.179. The van der Waals surface area contributed by atoms with Gasteiger partial charge in [-0.25, -0.2) is 4.98 Å². The number of nitrogens with two attached hydrogens (primary N) is 1. The second-order valence-corrected chi connectivity index (χ2v) is 11.6. The Hall–Kier alpha value is -3.03. The predicted molar refractivity (Wildman–Crippen MR) is 151 cm³/mol. The fourth-order valence-electron chi connectivity index (χ4n) is 5.98. The lowest BCUT2D eigenvalue weighted by atomic mass is 9.71. The molecular formula is C31H43N4O3+. The molecule has 1 saturated carbocycles. The van der Waals surface area contributed by atoms with E-state index >= 15 is 0 Å². The number of aryl methyl sites for hydroxylation is 2. The van der Waals surface area contributed by atoms with Crippen LogP contribution < -0.4 is 10.5 Å². The minimum absolute atomic E-state index is 0.172. The highest BCUT2D eigenvalue weighted by Gasteiger charge is 2.54. The van der Waals surface area contributed by atoms with Crippen LogP contribution in [0, 0.1) is 12.8 Å². The van der Waals surface area contributed by atoms with E-state index in [1.54, 1.807) is 0 Å². The Kier molecular flexibility index (Phi) is 8.68. The van der Waals surface area contributed by atoms with E-state index in [4.69, 9.17) is 15.5 Å². The van der Waals surface area contributed by atoms with Gasteiger partial charge in [0.15, 0.2) is 5.60 Å². The van der Waals surface area contributed by atoms with Crippen molar-refractivity contribution >= 4 is 16.7 Å². The molecule has 3 aromatic rings. The van der Waals surface area contributed by atoms with Crippen molar-refractivity contribution in [3.8, 4) is 5.88 Å². The van der Waals surface area contributed by atoms with E-state index in [-0.39, 0.29) is 12.0 Å². The third-order valence-corrected chi connectivity index (χ3v) is 8.22. The van der Waals surface area contributed by atoms with Crippen LogP contribution in [0.25, 0.3) is 10.8 Å². The van der Waals surface area contributed by atoms with Crippen molar-refractivity contribution in [1.82, 2.24) is 9.97 Å². The molecule has 4 rings (SSSR count). The van der Waals surface area contributed by atoms with E-state index in [9.17, 15) is 9.90 Å². The maximum absolute atomic E-state index is 12.6. The summed E-state index contributed by atoms with van der Waals surface area (Å²) < 4.78 is 6.71. The number of likely N-dealkylation sites (N-methyl/N-ethyl adjacent to an activating group) is 1. The Morgan fingerprint density at radius 1 is 1.21 bits per heavy atom. The maximum atomic E-state index is 12.6. The fourth-order valence-corrected chi connectivity index (χ4v) is 5.98. The molecule has 0 aliphatic heterocycles. The highest BCUT2D eigenvalue weighted by atomic mass is 16.5. The van der Waals surface area contributed by atoms with Crippen molar-refractivity contribution in [2.24, 2.45) is 11.7 Å². The molecule has 0 bridgehead atoms. The van der Waals surface area contributed by atoms with Gasteiger partial charge >= 0.3 is 0 Å². The highest BCUT2D eigenvalue weighted by molar-refractivity contribution is 5.87. The number of primary amides is 1. The number of nitrogens with zero attached hydrogens (tertiary/aromatic N) is 3. The van der Waals surface area contributed by atoms with Gasteiger partial charge in [-0.1, -0.05) is 37.6 Å². The van der Waals surface area contributed by atoms with Crippen molar-refractivity contribution in [2.75, 3.05) is 27.2 Å². The van der Waals surface area contributed by atoms with Crippen LogP contribution in [-0.2, 0) is 17.6 Å². The van der Waals surface area contributed by atoms with Crippen LogP contribution in [0.1, 0.15) is 56.0 Å². The molecule has 7 nitrogen and oxygen atoms in total. The lowest BCUT2D eigenvalue weighted by molar-refractivity contribution is -0.922. The van der Waals surface area contributed by atoms with Gasteiger partial charge < -0.3 is 20.1 Å². The molecule has 1 aliphatic carbocycles. The number of hydrogen-bond donors (Lipinski definition) is 2. The fraction of sp³-hybridized carbons (Fsp3) is 0.516. The molecule has 1 amide bonds. The van der Waals surface area contributed by atoms with Crippen LogP contribution in [-0.4, -0.2) is 64.4 Å². The van der Waals surface area contributed by atoms with Gasteiger partial charge in [0.2, 0.25) is 5.88 Å². The van der Waals surface area contributed by atoms with Crippen molar-refractivity contribution in [3.63, 3.8) is 0 Å². The Bertz CT molecular complexity index is 1240. The SMILES string of the molecule is CCCCc1cc2ccccc2c(OCC[N+](C)(C)[C@H]2CCC(Cc3ccc(C)nc3)C[C@@]2(O)C(N)=O)n1. The lowest BCUT2D eigenvalue weighted by Gasteiger charge is -2.49. The van der Waals surface area contributed by atoms with Gasteiger partial charge in [0, 0.05) is 29.4 Å². The lowest BCUT2D eigenvalue weighted by Crippen LogP contribution is -2.68. The first-order chi connectivity index (χ1) is 18.1. The molecule has 1 unspecified atom stereocenters. The van der Waals surface area contributed by atoms with Crippen LogP contribution >= 0.6 is 0 Å². The Morgan fingerprint density at radius 3 is 2.71 bits per heavy atom. The number of ether oxygens (including phenoxy) is 1. The van der Waals surface area contributed by atoms with Crippen molar-refractivity contribution in [3.05, 3.63) is 65.6 Å². The highest BCUT2D eigenvalue weighted by Crippen LogP contribution is 2.39. The molecule has 3 atom stereocenters. The number of pyridine rings is 2. The number of carbonyl (C=O) groups excluding carboxylic acids is 1. The van der Waals surface area contributed by atoms with Crippen LogP contribution in [0.4, 0.5) is 0 Å². The smallest absolute Gasteiger partial charge is 0.255 e. The first-order valence-corrected chi connectivity index (χ1v) is 13.9. The van der Waals surface area contributed by atoms with Crippen molar-refractivity contribution in [2.45, 2.75) is 70.4 Å². The van der Waals surface area contributed by atoms with Crippen LogP contribution in [0.3, 0.4) is 0 Å². The number of benzene rings is 1. The summed E-state index contributed by atoms with van der Waals surface area (Å²) >= 11 is 0. The number of rotatable bonds is 11. The molecule has 1 aromatic carbocycles. The van der Waals surface area contributed by atoms with Crippen LogP contribution in [0.5, 0.6) is 5.88 Å². The van der Waals surface area contributed by atoms with Gasteiger partial charge in [0.25, 0.3) is 5.91 Å². The van der Waals surface area contributed by atoms with E-state index in [1.165, 1.54) is 0 Å². The average molecular weight is 520 g/mol. The molecule has 2 aromatic heterocycles. The summed E-state index contributed by atoms with van der Waals surface area (Å²) in [5.41, 5.74) is 7.41. The minimum Gasteiger partial charge on any atom is -0.471 e. The molecule has 7 heteroatoms. The van der Waals surface area contributed by atoms with Gasteiger partial charge in [-0.3, -0.25) is 9.78 Å². The number of aliphatic hydroxyl groups is 1. The first-order valence-electron chi connectivity index (χ1n) is 13.9. The number of unbranched alkanes of at least 4 members (excludes halogenated alkanes) is 1. The summed E-state index contributed by atoms with van der Waals surface area (Å²) in [6, 6.07) is 14.1. The second kappa shape index (κ2) is 11.8. The molecule has 0 spiro atoms. The number of hydrogen-bond acceptors (Lipinski definition) is 5. The molecule has 1 aliphatic rings. The third-order valence-electron chi connectivity index (χ3n) is 8.22. The largest absolute Gasteiger partial charge is 0.471 e. The second-order valence-electron chi connectivity index (χ2n) is 11.6. The predicted octanol–water partition coefficient (Wildman–Crippen LogP) is 4.36. The van der Waals surface area contributed by atoms with Gasteiger partial charge in [0.05, 0.1) is 14.1 Å². The van der Waals surface area contributed by atoms with Crippen LogP contribution in [0.2, 0.25) is 0 Å². The van der Waals surface area contributed by atoms with Gasteiger partial charge in [-0.2, -0.15) is 0 Å². The molecule has 2 heterocycles. The summed E-state index contributed by atoms with van der Waals surface area (Å²) in [5, 5.41) is 13.8. The van der Waals surface area contributed by atoms with Crippen molar-refractivity contribution in [1.29, 1.82) is 0 Å². The molecule has 38 heavy (non-hydrogen) atoms. The monoisotopic (exact) mass is 519 g/mol. The normalized spacial score (nSPS) is 21.9. The first kappa shape index (κ1) is 28.0. The molecule has 1 fully saturated rings. The summed E-state index contributed by atoms with van der Waals surface area (Å²) in [6.45, 7) is 5.18. The number of quaternary nitrogens is 1. The number of carbonyl (C=O) groups is 1. The molecular weight excluding hydrogens is 476 g/mol. The Morgan fingerprint density at radius 2 is 2.00 bits per heavy atom. The van der Waals surface area contributed by atoms with E-state index in [2.05, 4.69) is 44.2 Å². The minimum atomic E-state index is -1.57. The standard InChI is InChI=1S/C31H42N4O3/c1-5-6-10-26-19-25-9-7-8-11-27(25)29(34-26)38-17-16-35(3,4)28-15-14-23(20-31(28,37)30(32)36)18-24-13-12-22(2)33-21-24/h7-9,11-13,19,21,23,28,37H,5-6,10,14-18,20H2,1-4H3,(H-,32,36)/p+1/t23?,28-,31-/m0/s1. The van der Waals surface area contributed by atoms with Crippen molar-refractivity contribution < 1.29 is 19.1 Å². The van der Waals surface area contributed by atoms with E-state index in [0.29, 0.717) is 36.4 Å². The number of amides is 1. The maximum Gasteiger partial charge on any atom is 0.255 e. The quantitative estimate of drug-likeness (QED) is 0.367. The van der Waals surface area contributed by atoms with Gasteiger partial charge in [0.1, 0.15) is 19.2 Å². The molecule has 3 N–H and O–H groups in total. The van der Waals surface area contributed by atoms with E-state index in [0.717, 1.165) is 59.8 Å². The molecule has 0 saturated heterocycles. The summed E-state index contributed by atoms with van der Waals surface area (Å²) in [4.78, 5) is 21.9. The summed E-state index contributed by atoms with van der Waals surface area (Å²) in [7, 11) is 4.10. The zero-order valence-corrected chi connectivity index (χ0v) is 23.3. The van der Waals surface area contributed by atoms with Crippen LogP contribution in [0.15, 0.2) is 48.7 Å². The Labute approximate surface area is 226 Å². The summed E-state index contributed by atoms with van der Waals surface area (Å²) in [6.07, 6.45) is 7.78. The average Bonchev–Trinajstić information content (AvgIpc) is 2.88. The Balaban J connectivity index is 1.45. The zero-order chi connectivity index (χ0) is 27.3. The van der Waals surface area contributed by atoms with Gasteiger partial charge in [-0.15, -0.1) is 0 Å². The van der Waals surface area contributed by atoms with E-state index < -0.39 is 11.5 Å². The molecule has 204 valence electrons. The third kappa shape index (κ3) is 6.33. The zero-order valence-electron chi connectivity index (χ0n) is 23.3. The van der Waals surface area contributed by atoms with E-state index in [1.807, 2.05) is 37.4 Å². The van der Waals surface area contributed by atoms with Gasteiger partial charge in [-0.05, 0) is 74.1 Å². The molecule has 0 radical (unpaired) electrons. The topological polar surface area (TPSA) is 98.3 Å².